The molecule has 0 radical (unpaired) electrons. The van der Waals surface area contributed by atoms with E-state index in [0.29, 0.717) is 0 Å². The van der Waals surface area contributed by atoms with Crippen LogP contribution in [0.25, 0.3) is 5.57 Å². The molecule has 0 bridgehead atoms. The largest absolute Gasteiger partial charge is 0.351 e. The van der Waals surface area contributed by atoms with Gasteiger partial charge in [-0.05, 0) is 41.8 Å². The van der Waals surface area contributed by atoms with Gasteiger partial charge in [-0.25, -0.2) is 0 Å². The summed E-state index contributed by atoms with van der Waals surface area (Å²) in [6.07, 6.45) is 5.40. The predicted octanol–water partition coefficient (Wildman–Crippen LogP) is 3.55. The maximum Gasteiger partial charge on any atom is 0.151 e. The van der Waals surface area contributed by atoms with Crippen molar-refractivity contribution in [2.24, 2.45) is 0 Å². The summed E-state index contributed by atoms with van der Waals surface area (Å²) >= 11 is 3.43. The van der Waals surface area contributed by atoms with Crippen LogP contribution in [0.5, 0.6) is 0 Å². The average molecular weight is 289 g/mol. The van der Waals surface area contributed by atoms with Crippen LogP contribution in [0.2, 0.25) is 0 Å². The minimum Gasteiger partial charge on any atom is -0.351 e. The smallest absolute Gasteiger partial charge is 0.151 e. The fourth-order valence-electron chi connectivity index (χ4n) is 2.15. The quantitative estimate of drug-likeness (QED) is 0.808. The molecule has 3 heterocycles. The Kier molecular flexibility index (Phi) is 3.84. The molecule has 3 nitrogen and oxygen atoms in total. The molecule has 0 saturated carbocycles. The summed E-state index contributed by atoms with van der Waals surface area (Å²) in [6.45, 7) is 1.93. The summed E-state index contributed by atoms with van der Waals surface area (Å²) in [6, 6.07) is 8.40. The summed E-state index contributed by atoms with van der Waals surface area (Å²) in [5.74, 6) is 0.972. The Balaban J connectivity index is 1.72. The Morgan fingerprint density at radius 2 is 2.21 bits per heavy atom. The highest BCUT2D eigenvalue weighted by Crippen LogP contribution is 2.27. The second kappa shape index (κ2) is 5.75. The van der Waals surface area contributed by atoms with Crippen molar-refractivity contribution in [2.45, 2.75) is 11.4 Å². The lowest BCUT2D eigenvalue weighted by molar-refractivity contribution is 0.789. The number of nitrogens with zero attached hydrogens (tertiary/aromatic N) is 3. The molecule has 0 N–H and O–H groups in total. The van der Waals surface area contributed by atoms with Crippen LogP contribution in [0, 0.1) is 0 Å². The van der Waals surface area contributed by atoms with Crippen molar-refractivity contribution in [2.75, 3.05) is 24.2 Å². The van der Waals surface area contributed by atoms with Crippen LogP contribution in [-0.2, 0) is 0 Å². The number of thiophene rings is 1. The van der Waals surface area contributed by atoms with Gasteiger partial charge in [-0.1, -0.05) is 12.1 Å². The summed E-state index contributed by atoms with van der Waals surface area (Å²) in [5, 5.41) is 11.6. The third-order valence-electron chi connectivity index (χ3n) is 3.21. The zero-order valence-corrected chi connectivity index (χ0v) is 12.4. The minimum absolute atomic E-state index is 0.917. The maximum atomic E-state index is 4.29. The van der Waals surface area contributed by atoms with Gasteiger partial charge in [0.25, 0.3) is 0 Å². The van der Waals surface area contributed by atoms with Crippen LogP contribution in [0.4, 0.5) is 5.82 Å². The van der Waals surface area contributed by atoms with E-state index in [1.807, 2.05) is 23.7 Å². The molecule has 2 aromatic heterocycles. The molecule has 0 unspecified atom stereocenters. The topological polar surface area (TPSA) is 29.0 Å². The first-order valence-corrected chi connectivity index (χ1v) is 8.33. The Bertz CT molecular complexity index is 561. The van der Waals surface area contributed by atoms with Crippen molar-refractivity contribution in [3.05, 3.63) is 40.6 Å². The number of hydrogen-bond donors (Lipinski definition) is 0. The van der Waals surface area contributed by atoms with Crippen LogP contribution in [0.15, 0.2) is 40.7 Å². The maximum absolute atomic E-state index is 4.29. The van der Waals surface area contributed by atoms with Gasteiger partial charge < -0.3 is 4.90 Å². The molecule has 98 valence electrons. The lowest BCUT2D eigenvalue weighted by atomic mass is 10.1. The highest BCUT2D eigenvalue weighted by molar-refractivity contribution is 7.98. The molecule has 1 aliphatic heterocycles. The van der Waals surface area contributed by atoms with Crippen molar-refractivity contribution in [1.82, 2.24) is 10.2 Å². The summed E-state index contributed by atoms with van der Waals surface area (Å²) < 4.78 is 0. The molecule has 19 heavy (non-hydrogen) atoms. The van der Waals surface area contributed by atoms with Gasteiger partial charge in [0.2, 0.25) is 0 Å². The molecule has 0 atom stereocenters. The first-order chi connectivity index (χ1) is 9.36. The fourth-order valence-corrected chi connectivity index (χ4v) is 3.28. The second-order valence-corrected chi connectivity index (χ2v) is 6.11. The normalized spacial score (nSPS) is 15.4. The number of thioether (sulfide) groups is 1. The second-order valence-electron chi connectivity index (χ2n) is 4.34. The van der Waals surface area contributed by atoms with Crippen LogP contribution in [-0.4, -0.2) is 29.5 Å². The van der Waals surface area contributed by atoms with E-state index >= 15 is 0 Å². The van der Waals surface area contributed by atoms with E-state index in [0.717, 1.165) is 30.4 Å². The van der Waals surface area contributed by atoms with Gasteiger partial charge in [0.05, 0.1) is 0 Å². The molecule has 0 spiro atoms. The van der Waals surface area contributed by atoms with Crippen molar-refractivity contribution in [1.29, 1.82) is 0 Å². The molecule has 0 saturated heterocycles. The Morgan fingerprint density at radius 1 is 1.26 bits per heavy atom. The van der Waals surface area contributed by atoms with Gasteiger partial charge >= 0.3 is 0 Å². The van der Waals surface area contributed by atoms with Crippen molar-refractivity contribution < 1.29 is 0 Å². The molecular formula is C14H15N3S2. The predicted molar refractivity (Wildman–Crippen MR) is 82.9 cm³/mol. The van der Waals surface area contributed by atoms with E-state index in [1.165, 1.54) is 10.5 Å². The van der Waals surface area contributed by atoms with E-state index in [9.17, 15) is 0 Å². The zero-order chi connectivity index (χ0) is 13.1. The van der Waals surface area contributed by atoms with E-state index in [2.05, 4.69) is 44.8 Å². The number of hydrogen-bond acceptors (Lipinski definition) is 5. The van der Waals surface area contributed by atoms with Gasteiger partial charge in [-0.15, -0.1) is 33.3 Å². The van der Waals surface area contributed by atoms with E-state index < -0.39 is 0 Å². The average Bonchev–Trinajstić information content (AvgIpc) is 3.02. The van der Waals surface area contributed by atoms with Gasteiger partial charge in [0.15, 0.2) is 5.82 Å². The third-order valence-corrected chi connectivity index (χ3v) is 4.79. The Hall–Kier alpha value is -1.33. The van der Waals surface area contributed by atoms with Crippen molar-refractivity contribution in [3.8, 4) is 0 Å². The molecule has 3 rings (SSSR count). The molecule has 0 aliphatic carbocycles. The first-order valence-electron chi connectivity index (χ1n) is 6.22. The van der Waals surface area contributed by atoms with E-state index in [-0.39, 0.29) is 0 Å². The van der Waals surface area contributed by atoms with Gasteiger partial charge in [-0.3, -0.25) is 0 Å². The first kappa shape index (κ1) is 12.7. The highest BCUT2D eigenvalue weighted by atomic mass is 32.2. The molecular weight excluding hydrogens is 274 g/mol. The Labute approximate surface area is 121 Å². The number of aromatic nitrogens is 2. The summed E-state index contributed by atoms with van der Waals surface area (Å²) in [5.41, 5.74) is 1.46. The lowest BCUT2D eigenvalue weighted by Gasteiger charge is -2.26. The Morgan fingerprint density at radius 3 is 2.79 bits per heavy atom. The monoisotopic (exact) mass is 289 g/mol. The molecule has 0 fully saturated rings. The van der Waals surface area contributed by atoms with Gasteiger partial charge in [0.1, 0.15) is 5.03 Å². The lowest BCUT2D eigenvalue weighted by Crippen LogP contribution is -2.29. The van der Waals surface area contributed by atoms with Crippen molar-refractivity contribution >= 4 is 34.5 Å². The summed E-state index contributed by atoms with van der Waals surface area (Å²) in [4.78, 5) is 3.66. The highest BCUT2D eigenvalue weighted by Gasteiger charge is 2.15. The number of rotatable bonds is 3. The van der Waals surface area contributed by atoms with Crippen molar-refractivity contribution in [3.63, 3.8) is 0 Å². The molecule has 0 aromatic carbocycles. The van der Waals surface area contributed by atoms with Crippen LogP contribution < -0.4 is 4.90 Å². The standard InChI is InChI=1S/C14H15N3S2/c1-18-14-5-4-13(15-16-14)17-8-6-11(7-9-17)12-3-2-10-19-12/h2-6,10H,7-9H2,1H3. The van der Waals surface area contributed by atoms with E-state index in [4.69, 9.17) is 0 Å². The van der Waals surface area contributed by atoms with Crippen LogP contribution in [0.1, 0.15) is 11.3 Å². The summed E-state index contributed by atoms with van der Waals surface area (Å²) in [7, 11) is 0. The molecule has 0 amide bonds. The minimum atomic E-state index is 0.917. The van der Waals surface area contributed by atoms with Crippen LogP contribution in [0.3, 0.4) is 0 Å². The van der Waals surface area contributed by atoms with E-state index in [1.54, 1.807) is 11.8 Å². The van der Waals surface area contributed by atoms with Crippen LogP contribution >= 0.6 is 23.1 Å². The zero-order valence-electron chi connectivity index (χ0n) is 10.7. The molecule has 2 aromatic rings. The molecule has 5 heteroatoms. The number of anilines is 1. The molecule has 1 aliphatic rings. The van der Waals surface area contributed by atoms with Gasteiger partial charge in [-0.2, -0.15) is 0 Å². The van der Waals surface area contributed by atoms with Gasteiger partial charge in [0, 0.05) is 18.0 Å². The SMILES string of the molecule is CSc1ccc(N2CC=C(c3cccs3)CC2)nn1. The third kappa shape index (κ3) is 2.82. The fraction of sp³-hybridized carbons (Fsp3) is 0.286.